The van der Waals surface area contributed by atoms with Crippen molar-refractivity contribution in [2.24, 2.45) is 0 Å². The number of ether oxygens (including phenoxy) is 2. The number of esters is 1. The number of methoxy groups -OCH3 is 1. The van der Waals surface area contributed by atoms with Gasteiger partial charge in [-0.2, -0.15) is 0 Å². The number of carboxylic acids is 2. The fraction of sp³-hybridized carbons (Fsp3) is 0.769. The number of aliphatic hydroxyl groups is 1. The molecule has 122 valence electrons. The number of carbonyl (C=O) groups excluding carboxylic acids is 1. The second-order valence-electron chi connectivity index (χ2n) is 4.88. The molecule has 3 N–H and O–H groups in total. The van der Waals surface area contributed by atoms with Crippen LogP contribution in [0.4, 0.5) is 0 Å². The molecule has 0 saturated heterocycles. The van der Waals surface area contributed by atoms with Crippen molar-refractivity contribution in [3.8, 4) is 0 Å². The van der Waals surface area contributed by atoms with E-state index in [4.69, 9.17) is 19.7 Å². The molecule has 0 spiro atoms. The Morgan fingerprint density at radius 1 is 1.05 bits per heavy atom. The fourth-order valence-corrected chi connectivity index (χ4v) is 1.87. The van der Waals surface area contributed by atoms with Crippen LogP contribution in [0.3, 0.4) is 0 Å². The van der Waals surface area contributed by atoms with Crippen LogP contribution in [0.25, 0.3) is 0 Å². The van der Waals surface area contributed by atoms with Gasteiger partial charge in [-0.1, -0.05) is 13.8 Å². The number of hydrogen-bond donors (Lipinski definition) is 3. The second kappa shape index (κ2) is 7.94. The highest BCUT2D eigenvalue weighted by atomic mass is 16.6. The van der Waals surface area contributed by atoms with Crippen LogP contribution in [0.5, 0.6) is 0 Å². The molecule has 1 unspecified atom stereocenters. The van der Waals surface area contributed by atoms with Gasteiger partial charge in [0.25, 0.3) is 0 Å². The molecule has 0 radical (unpaired) electrons. The predicted molar refractivity (Wildman–Crippen MR) is 70.7 cm³/mol. The first kappa shape index (κ1) is 19.3. The Kier molecular flexibility index (Phi) is 7.31. The Hall–Kier alpha value is -1.67. The Labute approximate surface area is 122 Å². The smallest absolute Gasteiger partial charge is 0.336 e. The van der Waals surface area contributed by atoms with Crippen molar-refractivity contribution >= 4 is 17.9 Å². The molecule has 0 aliphatic rings. The highest BCUT2D eigenvalue weighted by Crippen LogP contribution is 2.24. The lowest BCUT2D eigenvalue weighted by molar-refractivity contribution is -0.181. The number of carboxylic acid groups (broad SMARTS) is 2. The zero-order valence-electron chi connectivity index (χ0n) is 12.4. The van der Waals surface area contributed by atoms with Gasteiger partial charge < -0.3 is 24.8 Å². The Morgan fingerprint density at radius 3 is 1.90 bits per heavy atom. The van der Waals surface area contributed by atoms with E-state index in [0.29, 0.717) is 12.8 Å². The predicted octanol–water partition coefficient (Wildman–Crippen LogP) is 0.415. The molecular weight excluding hydrogens is 284 g/mol. The third-order valence-corrected chi connectivity index (χ3v) is 3.30. The Balaban J connectivity index is 5.00. The minimum Gasteiger partial charge on any atom is -0.481 e. The maximum Gasteiger partial charge on any atom is 0.336 e. The van der Waals surface area contributed by atoms with Gasteiger partial charge in [-0.25, -0.2) is 4.79 Å². The third-order valence-electron chi connectivity index (χ3n) is 3.30. The van der Waals surface area contributed by atoms with E-state index in [-0.39, 0.29) is 6.61 Å². The van der Waals surface area contributed by atoms with Crippen molar-refractivity contribution in [1.82, 2.24) is 0 Å². The van der Waals surface area contributed by atoms with Crippen LogP contribution in [-0.2, 0) is 23.9 Å². The fourth-order valence-electron chi connectivity index (χ4n) is 1.87. The van der Waals surface area contributed by atoms with E-state index in [2.05, 4.69) is 0 Å². The first-order valence-corrected chi connectivity index (χ1v) is 6.53. The monoisotopic (exact) mass is 306 g/mol. The van der Waals surface area contributed by atoms with Crippen molar-refractivity contribution in [3.63, 3.8) is 0 Å². The molecule has 0 heterocycles. The average molecular weight is 306 g/mol. The van der Waals surface area contributed by atoms with E-state index in [1.807, 2.05) is 0 Å². The highest BCUT2D eigenvalue weighted by Gasteiger charge is 2.43. The quantitative estimate of drug-likeness (QED) is 0.495. The van der Waals surface area contributed by atoms with Gasteiger partial charge in [-0.3, -0.25) is 9.59 Å². The van der Waals surface area contributed by atoms with Crippen LogP contribution in [0, 0.1) is 0 Å². The molecule has 0 aliphatic carbocycles. The summed E-state index contributed by atoms with van der Waals surface area (Å²) in [6, 6.07) is 0. The van der Waals surface area contributed by atoms with Gasteiger partial charge >= 0.3 is 17.9 Å². The van der Waals surface area contributed by atoms with Gasteiger partial charge in [0, 0.05) is 7.11 Å². The van der Waals surface area contributed by atoms with Gasteiger partial charge in [0.1, 0.15) is 5.60 Å². The maximum atomic E-state index is 11.9. The number of aliphatic carboxylic acids is 2. The van der Waals surface area contributed by atoms with Crippen molar-refractivity contribution in [1.29, 1.82) is 0 Å². The first-order valence-electron chi connectivity index (χ1n) is 6.53. The minimum atomic E-state index is -2.69. The molecule has 0 amide bonds. The summed E-state index contributed by atoms with van der Waals surface area (Å²) in [7, 11) is 1.44. The van der Waals surface area contributed by atoms with Crippen molar-refractivity contribution in [2.75, 3.05) is 13.7 Å². The number of rotatable bonds is 10. The molecule has 0 aliphatic heterocycles. The van der Waals surface area contributed by atoms with Crippen LogP contribution >= 0.6 is 0 Å². The Morgan fingerprint density at radius 2 is 1.57 bits per heavy atom. The molecule has 0 saturated carbocycles. The lowest BCUT2D eigenvalue weighted by atomic mass is 9.94. The van der Waals surface area contributed by atoms with Gasteiger partial charge in [-0.05, 0) is 12.8 Å². The molecule has 0 bridgehead atoms. The Bertz CT molecular complexity index is 388. The van der Waals surface area contributed by atoms with E-state index in [1.54, 1.807) is 13.8 Å². The van der Waals surface area contributed by atoms with Crippen LogP contribution in [0.2, 0.25) is 0 Å². The SMILES string of the molecule is CCC(CC)(COC)OC(=O)CC(O)(CC(=O)O)C(=O)O. The van der Waals surface area contributed by atoms with E-state index >= 15 is 0 Å². The van der Waals surface area contributed by atoms with Crippen molar-refractivity contribution < 1.29 is 39.2 Å². The average Bonchev–Trinajstić information content (AvgIpc) is 2.36. The summed E-state index contributed by atoms with van der Waals surface area (Å²) in [5.74, 6) is -4.30. The summed E-state index contributed by atoms with van der Waals surface area (Å²) in [5, 5.41) is 27.3. The lowest BCUT2D eigenvalue weighted by Gasteiger charge is -2.32. The summed E-state index contributed by atoms with van der Waals surface area (Å²) < 4.78 is 10.2. The zero-order valence-corrected chi connectivity index (χ0v) is 12.4. The van der Waals surface area contributed by atoms with Gasteiger partial charge in [0.05, 0.1) is 19.4 Å². The van der Waals surface area contributed by atoms with E-state index in [1.165, 1.54) is 7.11 Å². The third kappa shape index (κ3) is 5.68. The zero-order chi connectivity index (χ0) is 16.7. The molecule has 1 atom stereocenters. The van der Waals surface area contributed by atoms with E-state index in [0.717, 1.165) is 0 Å². The lowest BCUT2D eigenvalue weighted by Crippen LogP contribution is -2.46. The molecule has 0 fully saturated rings. The minimum absolute atomic E-state index is 0.121. The highest BCUT2D eigenvalue weighted by molar-refractivity contribution is 5.88. The van der Waals surface area contributed by atoms with E-state index in [9.17, 15) is 19.5 Å². The largest absolute Gasteiger partial charge is 0.481 e. The molecular formula is C13H22O8. The molecule has 0 rings (SSSR count). The molecule has 8 heteroatoms. The standard InChI is InChI=1S/C13H22O8/c1-4-12(5-2,8-20-3)21-10(16)7-13(19,11(17)18)6-9(14)15/h19H,4-8H2,1-3H3,(H,14,15)(H,17,18). The molecule has 0 aromatic rings. The van der Waals surface area contributed by atoms with Crippen LogP contribution in [0.1, 0.15) is 39.5 Å². The van der Waals surface area contributed by atoms with Gasteiger partial charge in [-0.15, -0.1) is 0 Å². The maximum absolute atomic E-state index is 11.9. The van der Waals surface area contributed by atoms with Crippen LogP contribution < -0.4 is 0 Å². The molecule has 8 nitrogen and oxygen atoms in total. The summed E-state index contributed by atoms with van der Waals surface area (Å²) in [6.07, 6.45) is -1.16. The number of carbonyl (C=O) groups is 3. The summed E-state index contributed by atoms with van der Waals surface area (Å²) in [6.45, 7) is 3.67. The summed E-state index contributed by atoms with van der Waals surface area (Å²) >= 11 is 0. The normalized spacial score (nSPS) is 14.3. The van der Waals surface area contributed by atoms with Crippen molar-refractivity contribution in [3.05, 3.63) is 0 Å². The first-order chi connectivity index (χ1) is 9.64. The van der Waals surface area contributed by atoms with Crippen LogP contribution in [-0.4, -0.2) is 58.1 Å². The number of hydrogen-bond acceptors (Lipinski definition) is 6. The summed E-state index contributed by atoms with van der Waals surface area (Å²) in [5.41, 5.74) is -3.61. The van der Waals surface area contributed by atoms with Gasteiger partial charge in [0.2, 0.25) is 0 Å². The second-order valence-corrected chi connectivity index (χ2v) is 4.88. The van der Waals surface area contributed by atoms with Crippen molar-refractivity contribution in [2.45, 2.75) is 50.7 Å². The summed E-state index contributed by atoms with van der Waals surface area (Å²) in [4.78, 5) is 33.4. The van der Waals surface area contributed by atoms with Gasteiger partial charge in [0.15, 0.2) is 5.60 Å². The van der Waals surface area contributed by atoms with Crippen LogP contribution in [0.15, 0.2) is 0 Å². The molecule has 21 heavy (non-hydrogen) atoms. The molecule has 0 aromatic heterocycles. The van der Waals surface area contributed by atoms with E-state index < -0.39 is 42.0 Å². The molecule has 0 aromatic carbocycles. The topological polar surface area (TPSA) is 130 Å².